The van der Waals surface area contributed by atoms with Crippen LogP contribution >= 0.6 is 11.6 Å². The van der Waals surface area contributed by atoms with E-state index in [0.29, 0.717) is 11.4 Å². The summed E-state index contributed by atoms with van der Waals surface area (Å²) in [7, 11) is 1.72. The molecule has 2 atom stereocenters. The van der Waals surface area contributed by atoms with Crippen molar-refractivity contribution in [3.63, 3.8) is 0 Å². The number of ether oxygens (including phenoxy) is 1. The van der Waals surface area contributed by atoms with Crippen molar-refractivity contribution in [1.29, 1.82) is 0 Å². The van der Waals surface area contributed by atoms with Gasteiger partial charge in [-0.05, 0) is 11.8 Å². The topological polar surface area (TPSA) is 21.3 Å². The van der Waals surface area contributed by atoms with Crippen LogP contribution in [-0.4, -0.2) is 31.7 Å². The van der Waals surface area contributed by atoms with Gasteiger partial charge in [-0.3, -0.25) is 0 Å². The Labute approximate surface area is 79.6 Å². The molecule has 0 radical (unpaired) electrons. The molecule has 0 aliphatic heterocycles. The van der Waals surface area contributed by atoms with E-state index in [4.69, 9.17) is 16.3 Å². The molecule has 3 heteroatoms. The smallest absolute Gasteiger partial charge is 0.0587 e. The Morgan fingerprint density at radius 3 is 2.67 bits per heavy atom. The van der Waals surface area contributed by atoms with Crippen molar-refractivity contribution < 1.29 is 4.74 Å². The van der Waals surface area contributed by atoms with Gasteiger partial charge >= 0.3 is 0 Å². The van der Waals surface area contributed by atoms with Gasteiger partial charge in [0.05, 0.1) is 6.61 Å². The van der Waals surface area contributed by atoms with Crippen LogP contribution in [-0.2, 0) is 4.74 Å². The summed E-state index contributed by atoms with van der Waals surface area (Å²) in [6.07, 6.45) is 1.08. The third-order valence-electron chi connectivity index (χ3n) is 2.84. The highest BCUT2D eigenvalue weighted by molar-refractivity contribution is 6.21. The van der Waals surface area contributed by atoms with Crippen LogP contribution in [0.4, 0.5) is 0 Å². The molecular formula is C9H18ClNO. The van der Waals surface area contributed by atoms with E-state index in [1.165, 1.54) is 0 Å². The second-order valence-corrected chi connectivity index (χ2v) is 4.55. The number of hydrogen-bond donors (Lipinski definition) is 1. The molecule has 1 aliphatic rings. The number of rotatable bonds is 4. The molecule has 12 heavy (non-hydrogen) atoms. The summed E-state index contributed by atoms with van der Waals surface area (Å²) in [5.41, 5.74) is 0.245. The number of halogens is 1. The fraction of sp³-hybridized carbons (Fsp3) is 1.00. The highest BCUT2D eigenvalue weighted by atomic mass is 35.5. The first-order chi connectivity index (χ1) is 5.59. The van der Waals surface area contributed by atoms with Crippen LogP contribution in [0.25, 0.3) is 0 Å². The van der Waals surface area contributed by atoms with E-state index in [0.717, 1.165) is 19.6 Å². The fourth-order valence-electron chi connectivity index (χ4n) is 1.55. The molecule has 0 amide bonds. The van der Waals surface area contributed by atoms with Crippen molar-refractivity contribution in [1.82, 2.24) is 5.32 Å². The highest BCUT2D eigenvalue weighted by Crippen LogP contribution is 2.44. The molecule has 1 saturated carbocycles. The average Bonchev–Trinajstić information content (AvgIpc) is 2.04. The lowest BCUT2D eigenvalue weighted by molar-refractivity contribution is 0.104. The van der Waals surface area contributed by atoms with E-state index in [1.807, 2.05) is 0 Å². The van der Waals surface area contributed by atoms with Gasteiger partial charge in [0.25, 0.3) is 0 Å². The Kier molecular flexibility index (Phi) is 3.38. The summed E-state index contributed by atoms with van der Waals surface area (Å²) >= 11 is 6.08. The Balaban J connectivity index is 2.19. The van der Waals surface area contributed by atoms with E-state index in [-0.39, 0.29) is 5.41 Å². The zero-order chi connectivity index (χ0) is 9.19. The zero-order valence-corrected chi connectivity index (χ0v) is 8.82. The van der Waals surface area contributed by atoms with Crippen molar-refractivity contribution in [3.05, 3.63) is 0 Å². The lowest BCUT2D eigenvalue weighted by Gasteiger charge is -2.49. The predicted molar refractivity (Wildman–Crippen MR) is 51.7 cm³/mol. The number of methoxy groups -OCH3 is 1. The SMILES string of the molecule is COCCNC1CC(Cl)C1(C)C. The lowest BCUT2D eigenvalue weighted by Crippen LogP contribution is -2.58. The minimum atomic E-state index is 0.245. The first-order valence-corrected chi connectivity index (χ1v) is 4.89. The van der Waals surface area contributed by atoms with Crippen LogP contribution in [0, 0.1) is 5.41 Å². The molecule has 0 bridgehead atoms. The van der Waals surface area contributed by atoms with Crippen molar-refractivity contribution in [2.24, 2.45) is 5.41 Å². The molecule has 1 aliphatic carbocycles. The molecule has 1 rings (SSSR count). The fourth-order valence-corrected chi connectivity index (χ4v) is 1.88. The number of nitrogens with one attached hydrogen (secondary N) is 1. The van der Waals surface area contributed by atoms with Gasteiger partial charge in [-0.15, -0.1) is 11.6 Å². The standard InChI is InChI=1S/C9H18ClNO/c1-9(2)7(10)6-8(9)11-4-5-12-3/h7-8,11H,4-6H2,1-3H3. The quantitative estimate of drug-likeness (QED) is 0.539. The van der Waals surface area contributed by atoms with Gasteiger partial charge in [-0.1, -0.05) is 13.8 Å². The van der Waals surface area contributed by atoms with E-state index in [2.05, 4.69) is 19.2 Å². The summed E-state index contributed by atoms with van der Waals surface area (Å²) in [5, 5.41) is 3.76. The second kappa shape index (κ2) is 3.95. The van der Waals surface area contributed by atoms with Crippen molar-refractivity contribution in [3.8, 4) is 0 Å². The first kappa shape index (κ1) is 10.3. The maximum Gasteiger partial charge on any atom is 0.0587 e. The van der Waals surface area contributed by atoms with Crippen LogP contribution in [0.2, 0.25) is 0 Å². The Hall–Kier alpha value is 0.210. The summed E-state index contributed by atoms with van der Waals surface area (Å²) in [5.74, 6) is 0. The van der Waals surface area contributed by atoms with Crippen LogP contribution in [0.5, 0.6) is 0 Å². The monoisotopic (exact) mass is 191 g/mol. The Morgan fingerprint density at radius 1 is 1.58 bits per heavy atom. The van der Waals surface area contributed by atoms with Gasteiger partial charge in [0.1, 0.15) is 0 Å². The zero-order valence-electron chi connectivity index (χ0n) is 8.06. The summed E-state index contributed by atoms with van der Waals surface area (Å²) < 4.78 is 4.96. The molecule has 0 heterocycles. The second-order valence-electron chi connectivity index (χ2n) is 4.02. The summed E-state index contributed by atoms with van der Waals surface area (Å²) in [6.45, 7) is 6.12. The number of hydrogen-bond acceptors (Lipinski definition) is 2. The molecule has 72 valence electrons. The molecule has 0 aromatic carbocycles. The van der Waals surface area contributed by atoms with E-state index in [9.17, 15) is 0 Å². The third-order valence-corrected chi connectivity index (χ3v) is 3.59. The maximum absolute atomic E-state index is 6.08. The molecule has 0 aromatic rings. The minimum absolute atomic E-state index is 0.245. The maximum atomic E-state index is 6.08. The summed E-state index contributed by atoms with van der Waals surface area (Å²) in [4.78, 5) is 0. The van der Waals surface area contributed by atoms with Crippen LogP contribution in [0.15, 0.2) is 0 Å². The minimum Gasteiger partial charge on any atom is -0.383 e. The van der Waals surface area contributed by atoms with E-state index < -0.39 is 0 Å². The van der Waals surface area contributed by atoms with Crippen LogP contribution in [0.3, 0.4) is 0 Å². The van der Waals surface area contributed by atoms with Crippen molar-refractivity contribution >= 4 is 11.6 Å². The summed E-state index contributed by atoms with van der Waals surface area (Å²) in [6, 6.07) is 0.565. The molecule has 1 N–H and O–H groups in total. The lowest BCUT2D eigenvalue weighted by atomic mass is 9.67. The van der Waals surface area contributed by atoms with Gasteiger partial charge in [-0.25, -0.2) is 0 Å². The molecule has 2 unspecified atom stereocenters. The van der Waals surface area contributed by atoms with Gasteiger partial charge in [0, 0.05) is 25.1 Å². The molecule has 0 aromatic heterocycles. The highest BCUT2D eigenvalue weighted by Gasteiger charge is 2.46. The van der Waals surface area contributed by atoms with Gasteiger partial charge < -0.3 is 10.1 Å². The van der Waals surface area contributed by atoms with Crippen molar-refractivity contribution in [2.75, 3.05) is 20.3 Å². The Morgan fingerprint density at radius 2 is 2.25 bits per heavy atom. The Bertz CT molecular complexity index is 149. The third kappa shape index (κ3) is 1.93. The molecule has 0 saturated heterocycles. The predicted octanol–water partition coefficient (Wildman–Crippen LogP) is 1.63. The first-order valence-electron chi connectivity index (χ1n) is 4.45. The molecule has 2 nitrogen and oxygen atoms in total. The van der Waals surface area contributed by atoms with Crippen LogP contribution in [0.1, 0.15) is 20.3 Å². The van der Waals surface area contributed by atoms with Crippen LogP contribution < -0.4 is 5.32 Å². The van der Waals surface area contributed by atoms with Crippen molar-refractivity contribution in [2.45, 2.75) is 31.7 Å². The van der Waals surface area contributed by atoms with E-state index >= 15 is 0 Å². The van der Waals surface area contributed by atoms with Gasteiger partial charge in [0.15, 0.2) is 0 Å². The largest absolute Gasteiger partial charge is 0.383 e. The molecule has 0 spiro atoms. The average molecular weight is 192 g/mol. The van der Waals surface area contributed by atoms with Gasteiger partial charge in [0.2, 0.25) is 0 Å². The number of alkyl halides is 1. The van der Waals surface area contributed by atoms with E-state index in [1.54, 1.807) is 7.11 Å². The van der Waals surface area contributed by atoms with Gasteiger partial charge in [-0.2, -0.15) is 0 Å². The normalized spacial score (nSPS) is 33.0. The molecular weight excluding hydrogens is 174 g/mol. The molecule has 1 fully saturated rings.